The zero-order chi connectivity index (χ0) is 23.5. The number of rotatable bonds is 8. The van der Waals surface area contributed by atoms with E-state index in [-0.39, 0.29) is 12.6 Å². The third-order valence-corrected chi connectivity index (χ3v) is 6.85. The molecule has 5 aromatic rings. The molecule has 2 aromatic carbocycles. The molecule has 0 aliphatic heterocycles. The van der Waals surface area contributed by atoms with E-state index in [2.05, 4.69) is 34.5 Å². The zero-order valence-electron chi connectivity index (χ0n) is 18.9. The molecular weight excluding hydrogens is 444 g/mol. The summed E-state index contributed by atoms with van der Waals surface area (Å²) in [6.07, 6.45) is 2.49. The molecule has 1 atom stereocenters. The van der Waals surface area contributed by atoms with Crippen molar-refractivity contribution in [2.45, 2.75) is 26.0 Å². The molecule has 0 unspecified atom stereocenters. The van der Waals surface area contributed by atoms with Crippen LogP contribution in [0.3, 0.4) is 0 Å². The highest BCUT2D eigenvalue weighted by atomic mass is 32.1. The Morgan fingerprint density at radius 2 is 1.94 bits per heavy atom. The summed E-state index contributed by atoms with van der Waals surface area (Å²) in [5, 5.41) is 18.0. The summed E-state index contributed by atoms with van der Waals surface area (Å²) in [6, 6.07) is 22.2. The Morgan fingerprint density at radius 1 is 1.09 bits per heavy atom. The molecule has 0 radical (unpaired) electrons. The summed E-state index contributed by atoms with van der Waals surface area (Å²) in [6.45, 7) is 2.42. The number of nitrogens with one attached hydrogen (secondary N) is 1. The molecule has 172 valence electrons. The van der Waals surface area contributed by atoms with E-state index in [4.69, 9.17) is 15.5 Å². The number of nitrogens with two attached hydrogens (primary N) is 1. The predicted octanol–water partition coefficient (Wildman–Crippen LogP) is 5.10. The zero-order valence-corrected chi connectivity index (χ0v) is 19.7. The van der Waals surface area contributed by atoms with Gasteiger partial charge in [-0.2, -0.15) is 5.10 Å². The number of thiophene rings is 1. The Bertz CT molecular complexity index is 1410. The standard InChI is InChI=1S/C27H26N4O2S/c1-17-23-12-19(7-9-25(23)31-30-17)24-13-21(14-29-27(24)26-10-8-22(15-32)34-26)33-16-20(28)11-18-5-3-2-4-6-18/h2-10,12-14,20,32H,11,15-16,28H2,1H3,(H,30,31)/t20-/m0/s1. The van der Waals surface area contributed by atoms with Gasteiger partial charge in [0, 0.05) is 27.6 Å². The topological polar surface area (TPSA) is 97.0 Å². The maximum absolute atomic E-state index is 9.53. The lowest BCUT2D eigenvalue weighted by Crippen LogP contribution is -2.30. The van der Waals surface area contributed by atoms with E-state index in [1.165, 1.54) is 16.9 Å². The molecule has 7 heteroatoms. The minimum atomic E-state index is -0.125. The van der Waals surface area contributed by atoms with E-state index in [0.29, 0.717) is 12.4 Å². The number of fused-ring (bicyclic) bond motifs is 1. The van der Waals surface area contributed by atoms with Gasteiger partial charge in [-0.15, -0.1) is 11.3 Å². The lowest BCUT2D eigenvalue weighted by Gasteiger charge is -2.15. The molecule has 3 aromatic heterocycles. The Balaban J connectivity index is 1.46. The Kier molecular flexibility index (Phi) is 6.40. The summed E-state index contributed by atoms with van der Waals surface area (Å²) >= 11 is 1.54. The van der Waals surface area contributed by atoms with Crippen LogP contribution in [0.1, 0.15) is 16.1 Å². The van der Waals surface area contributed by atoms with Gasteiger partial charge in [-0.1, -0.05) is 36.4 Å². The van der Waals surface area contributed by atoms with Crippen LogP contribution in [-0.4, -0.2) is 32.9 Å². The Labute approximate surface area is 202 Å². The quantitative estimate of drug-likeness (QED) is 0.293. The third-order valence-electron chi connectivity index (χ3n) is 5.77. The average molecular weight is 471 g/mol. The molecule has 5 rings (SSSR count). The number of hydrogen-bond donors (Lipinski definition) is 3. The van der Waals surface area contributed by atoms with Crippen molar-refractivity contribution in [2.24, 2.45) is 5.73 Å². The number of nitrogens with zero attached hydrogens (tertiary/aromatic N) is 2. The van der Waals surface area contributed by atoms with Gasteiger partial charge in [0.2, 0.25) is 0 Å². The maximum Gasteiger partial charge on any atom is 0.138 e. The normalized spacial score (nSPS) is 12.2. The Hall–Kier alpha value is -3.52. The largest absolute Gasteiger partial charge is 0.490 e. The van der Waals surface area contributed by atoms with Crippen LogP contribution >= 0.6 is 11.3 Å². The second kappa shape index (κ2) is 9.77. The van der Waals surface area contributed by atoms with Crippen molar-refractivity contribution in [1.29, 1.82) is 0 Å². The van der Waals surface area contributed by atoms with E-state index in [1.54, 1.807) is 6.20 Å². The number of hydrogen-bond acceptors (Lipinski definition) is 6. The Morgan fingerprint density at radius 3 is 2.74 bits per heavy atom. The highest BCUT2D eigenvalue weighted by molar-refractivity contribution is 7.15. The van der Waals surface area contributed by atoms with Crippen molar-refractivity contribution in [3.63, 3.8) is 0 Å². The number of H-pyrrole nitrogens is 1. The first-order valence-corrected chi connectivity index (χ1v) is 12.0. The fourth-order valence-corrected chi connectivity index (χ4v) is 4.89. The van der Waals surface area contributed by atoms with Crippen LogP contribution in [0.4, 0.5) is 0 Å². The molecule has 0 aliphatic rings. The van der Waals surface area contributed by atoms with Gasteiger partial charge >= 0.3 is 0 Å². The lowest BCUT2D eigenvalue weighted by atomic mass is 10.0. The highest BCUT2D eigenvalue weighted by Gasteiger charge is 2.15. The molecule has 0 saturated carbocycles. The van der Waals surface area contributed by atoms with Crippen LogP contribution < -0.4 is 10.5 Å². The molecule has 0 bridgehead atoms. The van der Waals surface area contributed by atoms with Crippen molar-refractivity contribution in [1.82, 2.24) is 15.2 Å². The van der Waals surface area contributed by atoms with Crippen molar-refractivity contribution in [2.75, 3.05) is 6.61 Å². The fraction of sp³-hybridized carbons (Fsp3) is 0.185. The van der Waals surface area contributed by atoms with Crippen LogP contribution in [0.2, 0.25) is 0 Å². The molecule has 6 nitrogen and oxygen atoms in total. The summed E-state index contributed by atoms with van der Waals surface area (Å²) in [7, 11) is 0. The summed E-state index contributed by atoms with van der Waals surface area (Å²) < 4.78 is 6.07. The number of aromatic amines is 1. The van der Waals surface area contributed by atoms with E-state index in [9.17, 15) is 5.11 Å². The van der Waals surface area contributed by atoms with Gasteiger partial charge in [-0.3, -0.25) is 10.1 Å². The minimum absolute atomic E-state index is 0.0146. The second-order valence-electron chi connectivity index (χ2n) is 8.33. The van der Waals surface area contributed by atoms with Crippen LogP contribution in [0.5, 0.6) is 5.75 Å². The predicted molar refractivity (Wildman–Crippen MR) is 137 cm³/mol. The van der Waals surface area contributed by atoms with Gasteiger partial charge < -0.3 is 15.6 Å². The van der Waals surface area contributed by atoms with E-state index >= 15 is 0 Å². The molecule has 0 saturated heterocycles. The van der Waals surface area contributed by atoms with E-state index in [1.807, 2.05) is 49.4 Å². The third kappa shape index (κ3) is 4.72. The SMILES string of the molecule is Cc1[nH]nc2ccc(-c3cc(OC[C@@H](N)Cc4ccccc4)cnc3-c3ccc(CO)s3)cc12. The molecular formula is C27H26N4O2S. The smallest absolute Gasteiger partial charge is 0.138 e. The first-order valence-electron chi connectivity index (χ1n) is 11.2. The van der Waals surface area contributed by atoms with Crippen LogP contribution in [-0.2, 0) is 13.0 Å². The summed E-state index contributed by atoms with van der Waals surface area (Å²) in [4.78, 5) is 6.66. The van der Waals surface area contributed by atoms with Crippen molar-refractivity contribution < 1.29 is 9.84 Å². The van der Waals surface area contributed by atoms with Gasteiger partial charge in [0.05, 0.1) is 28.9 Å². The van der Waals surface area contributed by atoms with E-state index in [0.717, 1.165) is 49.6 Å². The van der Waals surface area contributed by atoms with Gasteiger partial charge in [-0.05, 0) is 54.8 Å². The fourth-order valence-electron chi connectivity index (χ4n) is 4.02. The first-order chi connectivity index (χ1) is 16.6. The van der Waals surface area contributed by atoms with E-state index < -0.39 is 0 Å². The van der Waals surface area contributed by atoms with Gasteiger partial charge in [0.15, 0.2) is 0 Å². The molecule has 0 spiro atoms. The van der Waals surface area contributed by atoms with Crippen LogP contribution in [0.15, 0.2) is 72.9 Å². The number of pyridine rings is 1. The molecule has 0 fully saturated rings. The molecule has 0 aliphatic carbocycles. The van der Waals surface area contributed by atoms with Crippen molar-refractivity contribution in [3.05, 3.63) is 89.1 Å². The number of aliphatic hydroxyl groups is 1. The van der Waals surface area contributed by atoms with Crippen LogP contribution in [0, 0.1) is 6.92 Å². The van der Waals surface area contributed by atoms with Crippen molar-refractivity contribution in [3.8, 4) is 27.4 Å². The number of aliphatic hydroxyl groups excluding tert-OH is 1. The number of benzene rings is 2. The van der Waals surface area contributed by atoms with Gasteiger partial charge in [-0.25, -0.2) is 0 Å². The monoisotopic (exact) mass is 470 g/mol. The second-order valence-corrected chi connectivity index (χ2v) is 9.50. The first kappa shape index (κ1) is 22.3. The molecule has 34 heavy (non-hydrogen) atoms. The number of ether oxygens (including phenoxy) is 1. The van der Waals surface area contributed by atoms with Gasteiger partial charge in [0.1, 0.15) is 12.4 Å². The molecule has 0 amide bonds. The average Bonchev–Trinajstić information content (AvgIpc) is 3.50. The molecule has 3 heterocycles. The number of aryl methyl sites for hydroxylation is 1. The van der Waals surface area contributed by atoms with Crippen LogP contribution in [0.25, 0.3) is 32.6 Å². The molecule has 4 N–H and O–H groups in total. The van der Waals surface area contributed by atoms with Crippen molar-refractivity contribution >= 4 is 22.2 Å². The minimum Gasteiger partial charge on any atom is -0.490 e. The maximum atomic E-state index is 9.53. The number of aromatic nitrogens is 3. The van der Waals surface area contributed by atoms with Gasteiger partial charge in [0.25, 0.3) is 0 Å². The summed E-state index contributed by atoms with van der Waals surface area (Å²) in [5.74, 6) is 0.671. The summed E-state index contributed by atoms with van der Waals surface area (Å²) in [5.41, 5.74) is 12.3. The highest BCUT2D eigenvalue weighted by Crippen LogP contribution is 2.37. The lowest BCUT2D eigenvalue weighted by molar-refractivity contribution is 0.285.